The number of nitrogens with one attached hydrogen (secondary N) is 1. The van der Waals surface area contributed by atoms with E-state index < -0.39 is 11.8 Å². The molecule has 25 heavy (non-hydrogen) atoms. The highest BCUT2D eigenvalue weighted by Crippen LogP contribution is 2.32. The van der Waals surface area contributed by atoms with E-state index in [-0.39, 0.29) is 11.1 Å². The van der Waals surface area contributed by atoms with Crippen LogP contribution in [-0.2, 0) is 9.59 Å². The van der Waals surface area contributed by atoms with E-state index in [1.54, 1.807) is 43.3 Å². The summed E-state index contributed by atoms with van der Waals surface area (Å²) < 4.78 is 5.71. The third-order valence-electron chi connectivity index (χ3n) is 3.70. The Labute approximate surface area is 153 Å². The van der Waals surface area contributed by atoms with Crippen molar-refractivity contribution in [2.24, 2.45) is 0 Å². The molecular weight excluding hydrogens is 363 g/mol. The molecule has 0 radical (unpaired) electrons. The number of hydrogen-bond acceptors (Lipinski definition) is 4. The van der Waals surface area contributed by atoms with Gasteiger partial charge in [-0.25, -0.2) is 0 Å². The lowest BCUT2D eigenvalue weighted by atomic mass is 9.96. The molecule has 0 atom stereocenters. The number of benzene rings is 1. The summed E-state index contributed by atoms with van der Waals surface area (Å²) in [7, 11) is 0. The number of furan rings is 1. The van der Waals surface area contributed by atoms with E-state index in [9.17, 15) is 9.59 Å². The summed E-state index contributed by atoms with van der Waals surface area (Å²) in [6, 6.07) is 10.1. The summed E-state index contributed by atoms with van der Waals surface area (Å²) in [6.45, 7) is 1.54. The standard InChI is InChI=1S/C18H10Cl2N2O3/c1-9-12(17(23)22-18(24)14(9)8-21)7-11-3-5-16(25-11)13-6-10(19)2-4-15(13)20/h2-7H,1H3,(H,22,23,24)/b12-7-. The Morgan fingerprint density at radius 2 is 1.92 bits per heavy atom. The molecule has 0 unspecified atom stereocenters. The topological polar surface area (TPSA) is 83.1 Å². The van der Waals surface area contributed by atoms with Crippen molar-refractivity contribution in [2.45, 2.75) is 6.92 Å². The van der Waals surface area contributed by atoms with Crippen molar-refractivity contribution in [3.8, 4) is 17.4 Å². The van der Waals surface area contributed by atoms with Crippen LogP contribution >= 0.6 is 23.2 Å². The summed E-state index contributed by atoms with van der Waals surface area (Å²) >= 11 is 12.1. The number of hydrogen-bond donors (Lipinski definition) is 1. The number of amides is 2. The van der Waals surface area contributed by atoms with Gasteiger partial charge in [0.25, 0.3) is 11.8 Å². The second-order valence-corrected chi connectivity index (χ2v) is 6.12. The third kappa shape index (κ3) is 3.22. The summed E-state index contributed by atoms with van der Waals surface area (Å²) in [5.74, 6) is -0.427. The Kier molecular flexibility index (Phi) is 4.49. The lowest BCUT2D eigenvalue weighted by Crippen LogP contribution is -2.37. The Bertz CT molecular complexity index is 1010. The fraction of sp³-hybridized carbons (Fsp3) is 0.0556. The first-order chi connectivity index (χ1) is 11.9. The van der Waals surface area contributed by atoms with Gasteiger partial charge in [0.05, 0.1) is 5.02 Å². The molecule has 1 aliphatic heterocycles. The van der Waals surface area contributed by atoms with Crippen molar-refractivity contribution in [3.05, 3.63) is 62.9 Å². The van der Waals surface area contributed by atoms with Crippen LogP contribution in [0.1, 0.15) is 12.7 Å². The van der Waals surface area contributed by atoms with Crippen LogP contribution in [0.15, 0.2) is 51.5 Å². The molecule has 0 spiro atoms. The molecule has 0 fully saturated rings. The van der Waals surface area contributed by atoms with E-state index in [1.807, 2.05) is 0 Å². The Morgan fingerprint density at radius 1 is 1.16 bits per heavy atom. The Morgan fingerprint density at radius 3 is 2.64 bits per heavy atom. The number of carbonyl (C=O) groups excluding carboxylic acids is 2. The van der Waals surface area contributed by atoms with Gasteiger partial charge in [-0.1, -0.05) is 23.2 Å². The molecule has 5 nitrogen and oxygen atoms in total. The second kappa shape index (κ2) is 6.60. The van der Waals surface area contributed by atoms with Crippen LogP contribution in [0.3, 0.4) is 0 Å². The Balaban J connectivity index is 2.03. The van der Waals surface area contributed by atoms with Crippen molar-refractivity contribution in [1.82, 2.24) is 5.32 Å². The quantitative estimate of drug-likeness (QED) is 0.634. The van der Waals surface area contributed by atoms with E-state index in [2.05, 4.69) is 5.32 Å². The maximum Gasteiger partial charge on any atom is 0.269 e. The van der Waals surface area contributed by atoms with Crippen LogP contribution in [0.5, 0.6) is 0 Å². The van der Waals surface area contributed by atoms with Crippen LogP contribution in [0.2, 0.25) is 10.0 Å². The van der Waals surface area contributed by atoms with Gasteiger partial charge in [-0.2, -0.15) is 5.26 Å². The SMILES string of the molecule is CC1=C(C#N)C(=O)NC(=O)/C1=C\c1ccc(-c2cc(Cl)ccc2Cl)o1. The highest BCUT2D eigenvalue weighted by atomic mass is 35.5. The lowest BCUT2D eigenvalue weighted by Gasteiger charge is -2.15. The largest absolute Gasteiger partial charge is 0.457 e. The molecule has 1 aliphatic rings. The van der Waals surface area contributed by atoms with E-state index in [1.165, 1.54) is 6.08 Å². The molecule has 1 N–H and O–H groups in total. The first-order valence-electron chi connectivity index (χ1n) is 7.14. The zero-order valence-electron chi connectivity index (χ0n) is 12.9. The van der Waals surface area contributed by atoms with Crippen molar-refractivity contribution in [2.75, 3.05) is 0 Å². The van der Waals surface area contributed by atoms with Crippen molar-refractivity contribution < 1.29 is 14.0 Å². The van der Waals surface area contributed by atoms with Crippen molar-refractivity contribution >= 4 is 41.1 Å². The van der Waals surface area contributed by atoms with Gasteiger partial charge in [-0.15, -0.1) is 0 Å². The Hall–Kier alpha value is -2.81. The molecule has 3 rings (SSSR count). The number of halogens is 2. The number of imide groups is 1. The van der Waals surface area contributed by atoms with Crippen LogP contribution in [0, 0.1) is 11.3 Å². The molecule has 0 bridgehead atoms. The fourth-order valence-electron chi connectivity index (χ4n) is 2.42. The zero-order valence-corrected chi connectivity index (χ0v) is 14.4. The maximum atomic E-state index is 12.0. The molecule has 0 saturated carbocycles. The molecular formula is C18H10Cl2N2O3. The average molecular weight is 373 g/mol. The molecule has 2 heterocycles. The summed E-state index contributed by atoms with van der Waals surface area (Å²) in [6.07, 6.45) is 1.47. The highest BCUT2D eigenvalue weighted by Gasteiger charge is 2.27. The molecule has 1 aromatic carbocycles. The van der Waals surface area contributed by atoms with E-state index >= 15 is 0 Å². The predicted octanol–water partition coefficient (Wildman–Crippen LogP) is 4.13. The molecule has 124 valence electrons. The molecule has 0 saturated heterocycles. The van der Waals surface area contributed by atoms with E-state index in [0.717, 1.165) is 0 Å². The summed E-state index contributed by atoms with van der Waals surface area (Å²) in [5.41, 5.74) is 1.01. The average Bonchev–Trinajstić information content (AvgIpc) is 3.02. The minimum absolute atomic E-state index is 0.101. The van der Waals surface area contributed by atoms with Gasteiger partial charge in [-0.3, -0.25) is 14.9 Å². The second-order valence-electron chi connectivity index (χ2n) is 5.28. The van der Waals surface area contributed by atoms with Crippen LogP contribution < -0.4 is 5.32 Å². The van der Waals surface area contributed by atoms with Crippen molar-refractivity contribution in [3.63, 3.8) is 0 Å². The monoisotopic (exact) mass is 372 g/mol. The lowest BCUT2D eigenvalue weighted by molar-refractivity contribution is -0.126. The van der Waals surface area contributed by atoms with Crippen LogP contribution in [-0.4, -0.2) is 11.8 Å². The fourth-order valence-corrected chi connectivity index (χ4v) is 2.80. The highest BCUT2D eigenvalue weighted by molar-refractivity contribution is 6.35. The zero-order chi connectivity index (χ0) is 18.1. The normalized spacial score (nSPS) is 16.2. The van der Waals surface area contributed by atoms with Crippen molar-refractivity contribution in [1.29, 1.82) is 5.26 Å². The van der Waals surface area contributed by atoms with Gasteiger partial charge in [0.2, 0.25) is 0 Å². The van der Waals surface area contributed by atoms with Gasteiger partial charge in [0.1, 0.15) is 23.2 Å². The molecule has 0 aliphatic carbocycles. The first-order valence-corrected chi connectivity index (χ1v) is 7.90. The van der Waals surface area contributed by atoms with Gasteiger partial charge >= 0.3 is 0 Å². The minimum Gasteiger partial charge on any atom is -0.457 e. The number of nitriles is 1. The number of nitrogens with zero attached hydrogens (tertiary/aromatic N) is 1. The third-order valence-corrected chi connectivity index (χ3v) is 4.26. The smallest absolute Gasteiger partial charge is 0.269 e. The minimum atomic E-state index is -0.701. The summed E-state index contributed by atoms with van der Waals surface area (Å²) in [4.78, 5) is 23.6. The van der Waals surface area contributed by atoms with Crippen LogP contribution in [0.4, 0.5) is 0 Å². The van der Waals surface area contributed by atoms with E-state index in [4.69, 9.17) is 32.9 Å². The molecule has 1 aromatic heterocycles. The van der Waals surface area contributed by atoms with Crippen LogP contribution in [0.25, 0.3) is 17.4 Å². The molecule has 2 amide bonds. The molecule has 7 heteroatoms. The summed E-state index contributed by atoms with van der Waals surface area (Å²) in [5, 5.41) is 12.2. The van der Waals surface area contributed by atoms with Gasteiger partial charge in [0.15, 0.2) is 0 Å². The van der Waals surface area contributed by atoms with Gasteiger partial charge < -0.3 is 4.42 Å². The number of carbonyl (C=O) groups is 2. The van der Waals surface area contributed by atoms with Gasteiger partial charge in [-0.05, 0) is 48.9 Å². The number of rotatable bonds is 2. The maximum absolute atomic E-state index is 12.0. The first kappa shape index (κ1) is 17.0. The molecule has 2 aromatic rings. The van der Waals surface area contributed by atoms with E-state index in [0.29, 0.717) is 32.7 Å². The predicted molar refractivity (Wildman–Crippen MR) is 93.6 cm³/mol. The van der Waals surface area contributed by atoms with Gasteiger partial charge in [0, 0.05) is 16.2 Å².